The zero-order valence-corrected chi connectivity index (χ0v) is 13.5. The Balaban J connectivity index is 2.13. The SMILES string of the molecule is C=CCN(C(=O)CCOCC)c1nc(-c2ccccc2)cs1. The zero-order valence-electron chi connectivity index (χ0n) is 12.7. The normalized spacial score (nSPS) is 10.4. The number of anilines is 1. The maximum atomic E-state index is 12.3. The lowest BCUT2D eigenvalue weighted by atomic mass is 10.2. The molecule has 0 atom stereocenters. The van der Waals surface area contributed by atoms with E-state index in [2.05, 4.69) is 11.6 Å². The largest absolute Gasteiger partial charge is 0.381 e. The summed E-state index contributed by atoms with van der Waals surface area (Å²) in [5.74, 6) is 0.00214. The second-order valence-corrected chi connectivity index (χ2v) is 5.46. The Morgan fingerprint density at radius 1 is 1.41 bits per heavy atom. The van der Waals surface area contributed by atoms with Gasteiger partial charge in [-0.1, -0.05) is 36.4 Å². The average molecular weight is 316 g/mol. The Kier molecular flexibility index (Phi) is 6.30. The van der Waals surface area contributed by atoms with Gasteiger partial charge in [-0.05, 0) is 6.92 Å². The maximum absolute atomic E-state index is 12.3. The Hall–Kier alpha value is -1.98. The van der Waals surface area contributed by atoms with Gasteiger partial charge in [0.1, 0.15) is 0 Å². The molecule has 22 heavy (non-hydrogen) atoms. The number of nitrogens with zero attached hydrogens (tertiary/aromatic N) is 2. The van der Waals surface area contributed by atoms with E-state index in [0.717, 1.165) is 11.3 Å². The van der Waals surface area contributed by atoms with E-state index in [4.69, 9.17) is 4.74 Å². The van der Waals surface area contributed by atoms with Gasteiger partial charge in [0, 0.05) is 24.1 Å². The summed E-state index contributed by atoms with van der Waals surface area (Å²) >= 11 is 1.47. The number of aromatic nitrogens is 1. The van der Waals surface area contributed by atoms with Crippen LogP contribution in [0.15, 0.2) is 48.4 Å². The first kappa shape index (κ1) is 16.4. The number of rotatable bonds is 8. The minimum atomic E-state index is 0.00214. The number of carbonyl (C=O) groups excluding carboxylic acids is 1. The summed E-state index contributed by atoms with van der Waals surface area (Å²) < 4.78 is 5.25. The first-order valence-corrected chi connectivity index (χ1v) is 8.14. The second-order valence-electron chi connectivity index (χ2n) is 4.62. The number of hydrogen-bond acceptors (Lipinski definition) is 4. The minimum absolute atomic E-state index is 0.00214. The quantitative estimate of drug-likeness (QED) is 0.550. The van der Waals surface area contributed by atoms with E-state index in [-0.39, 0.29) is 5.91 Å². The summed E-state index contributed by atoms with van der Waals surface area (Å²) in [6, 6.07) is 9.94. The number of ether oxygens (including phenoxy) is 1. The van der Waals surface area contributed by atoms with Gasteiger partial charge in [-0.2, -0.15) is 0 Å². The monoisotopic (exact) mass is 316 g/mol. The van der Waals surface area contributed by atoms with E-state index < -0.39 is 0 Å². The van der Waals surface area contributed by atoms with E-state index in [1.54, 1.807) is 11.0 Å². The zero-order chi connectivity index (χ0) is 15.8. The molecule has 0 aliphatic rings. The molecule has 0 bridgehead atoms. The summed E-state index contributed by atoms with van der Waals surface area (Å²) in [7, 11) is 0. The highest BCUT2D eigenvalue weighted by molar-refractivity contribution is 7.14. The highest BCUT2D eigenvalue weighted by Gasteiger charge is 2.18. The van der Waals surface area contributed by atoms with Crippen molar-refractivity contribution in [2.75, 3.05) is 24.7 Å². The Morgan fingerprint density at radius 3 is 2.86 bits per heavy atom. The van der Waals surface area contributed by atoms with Crippen molar-refractivity contribution in [3.05, 3.63) is 48.4 Å². The molecule has 0 N–H and O–H groups in total. The van der Waals surface area contributed by atoms with Crippen molar-refractivity contribution in [1.82, 2.24) is 4.98 Å². The molecule has 1 amide bonds. The Labute approximate surface area is 135 Å². The number of carbonyl (C=O) groups is 1. The van der Waals surface area contributed by atoms with Crippen LogP contribution in [0.4, 0.5) is 5.13 Å². The lowest BCUT2D eigenvalue weighted by Crippen LogP contribution is -2.31. The fourth-order valence-electron chi connectivity index (χ4n) is 1.98. The van der Waals surface area contributed by atoms with Gasteiger partial charge < -0.3 is 4.74 Å². The van der Waals surface area contributed by atoms with Gasteiger partial charge in [0.05, 0.1) is 18.7 Å². The van der Waals surface area contributed by atoms with E-state index in [0.29, 0.717) is 31.3 Å². The van der Waals surface area contributed by atoms with Crippen LogP contribution < -0.4 is 4.90 Å². The standard InChI is InChI=1S/C17H20N2O2S/c1-3-11-19(16(20)10-12-21-4-2)17-18-15(13-22-17)14-8-6-5-7-9-14/h3,5-9,13H,1,4,10-12H2,2H3. The molecule has 5 heteroatoms. The molecule has 0 radical (unpaired) electrons. The van der Waals surface area contributed by atoms with Crippen LogP contribution in [0.25, 0.3) is 11.3 Å². The summed E-state index contributed by atoms with van der Waals surface area (Å²) in [6.45, 7) is 7.13. The van der Waals surface area contributed by atoms with Gasteiger partial charge in [0.2, 0.25) is 5.91 Å². The molecule has 0 aliphatic heterocycles. The fraction of sp³-hybridized carbons (Fsp3) is 0.294. The van der Waals surface area contributed by atoms with Crippen molar-refractivity contribution in [1.29, 1.82) is 0 Å². The highest BCUT2D eigenvalue weighted by atomic mass is 32.1. The smallest absolute Gasteiger partial charge is 0.231 e. The third-order valence-corrected chi connectivity index (χ3v) is 3.93. The topological polar surface area (TPSA) is 42.4 Å². The van der Waals surface area contributed by atoms with Gasteiger partial charge in [-0.3, -0.25) is 9.69 Å². The van der Waals surface area contributed by atoms with Crippen molar-refractivity contribution in [2.24, 2.45) is 0 Å². The molecule has 0 fully saturated rings. The summed E-state index contributed by atoms with van der Waals surface area (Å²) in [5, 5.41) is 2.66. The van der Waals surface area contributed by atoms with Gasteiger partial charge in [0.15, 0.2) is 5.13 Å². The third kappa shape index (κ3) is 4.26. The van der Waals surface area contributed by atoms with Crippen LogP contribution in [0.3, 0.4) is 0 Å². The molecule has 0 aliphatic carbocycles. The third-order valence-electron chi connectivity index (χ3n) is 3.07. The van der Waals surface area contributed by atoms with Crippen LogP contribution >= 0.6 is 11.3 Å². The summed E-state index contributed by atoms with van der Waals surface area (Å²) in [6.07, 6.45) is 2.06. The van der Waals surface area contributed by atoms with Crippen molar-refractivity contribution >= 4 is 22.4 Å². The molecular formula is C17H20N2O2S. The van der Waals surface area contributed by atoms with Crippen LogP contribution in [-0.4, -0.2) is 30.6 Å². The van der Waals surface area contributed by atoms with Crippen molar-refractivity contribution in [2.45, 2.75) is 13.3 Å². The van der Waals surface area contributed by atoms with Gasteiger partial charge in [-0.25, -0.2) is 4.98 Å². The van der Waals surface area contributed by atoms with Gasteiger partial charge >= 0.3 is 0 Å². The van der Waals surface area contributed by atoms with E-state index >= 15 is 0 Å². The molecule has 2 rings (SSSR count). The number of hydrogen-bond donors (Lipinski definition) is 0. The first-order chi connectivity index (χ1) is 10.8. The van der Waals surface area contributed by atoms with E-state index in [1.165, 1.54) is 11.3 Å². The van der Waals surface area contributed by atoms with Crippen molar-refractivity contribution in [3.63, 3.8) is 0 Å². The molecule has 0 saturated carbocycles. The predicted molar refractivity (Wildman–Crippen MR) is 91.2 cm³/mol. The van der Waals surface area contributed by atoms with Crippen LogP contribution in [0.2, 0.25) is 0 Å². The fourth-order valence-corrected chi connectivity index (χ4v) is 2.84. The molecule has 116 valence electrons. The van der Waals surface area contributed by atoms with E-state index in [9.17, 15) is 4.79 Å². The second kappa shape index (κ2) is 8.46. The minimum Gasteiger partial charge on any atom is -0.381 e. The van der Waals surface area contributed by atoms with Crippen LogP contribution in [-0.2, 0) is 9.53 Å². The summed E-state index contributed by atoms with van der Waals surface area (Å²) in [5.41, 5.74) is 1.93. The Bertz CT molecular complexity index is 610. The molecule has 2 aromatic rings. The van der Waals surface area contributed by atoms with Crippen LogP contribution in [0, 0.1) is 0 Å². The molecule has 0 unspecified atom stereocenters. The number of amides is 1. The molecule has 0 spiro atoms. The molecule has 4 nitrogen and oxygen atoms in total. The number of thiazole rings is 1. The average Bonchev–Trinajstić information content (AvgIpc) is 3.03. The molecule has 1 heterocycles. The lowest BCUT2D eigenvalue weighted by Gasteiger charge is -2.17. The van der Waals surface area contributed by atoms with Crippen molar-refractivity contribution in [3.8, 4) is 11.3 Å². The Morgan fingerprint density at radius 2 is 2.18 bits per heavy atom. The van der Waals surface area contributed by atoms with Crippen LogP contribution in [0.5, 0.6) is 0 Å². The van der Waals surface area contributed by atoms with Gasteiger partial charge in [-0.15, -0.1) is 17.9 Å². The molecule has 1 aromatic carbocycles. The summed E-state index contributed by atoms with van der Waals surface area (Å²) in [4.78, 5) is 18.6. The van der Waals surface area contributed by atoms with Crippen LogP contribution in [0.1, 0.15) is 13.3 Å². The van der Waals surface area contributed by atoms with Gasteiger partial charge in [0.25, 0.3) is 0 Å². The first-order valence-electron chi connectivity index (χ1n) is 7.26. The molecule has 1 aromatic heterocycles. The van der Waals surface area contributed by atoms with E-state index in [1.807, 2.05) is 42.6 Å². The molecular weight excluding hydrogens is 296 g/mol. The highest BCUT2D eigenvalue weighted by Crippen LogP contribution is 2.27. The predicted octanol–water partition coefficient (Wildman–Crippen LogP) is 3.76. The maximum Gasteiger partial charge on any atom is 0.231 e. The lowest BCUT2D eigenvalue weighted by molar-refractivity contribution is -0.119. The molecule has 0 saturated heterocycles. The number of benzene rings is 1. The van der Waals surface area contributed by atoms with Crippen molar-refractivity contribution < 1.29 is 9.53 Å².